The Hall–Kier alpha value is -4.13. The van der Waals surface area contributed by atoms with Gasteiger partial charge in [0.15, 0.2) is 0 Å². The van der Waals surface area contributed by atoms with E-state index in [-0.39, 0.29) is 17.0 Å². The number of benzene rings is 3. The molecule has 0 spiro atoms. The number of para-hydroxylation sites is 1. The summed E-state index contributed by atoms with van der Waals surface area (Å²) in [5, 5.41) is 20.3. The zero-order valence-electron chi connectivity index (χ0n) is 15.4. The van der Waals surface area contributed by atoms with Gasteiger partial charge in [0, 0.05) is 17.7 Å². The number of carboxylic acid groups (broad SMARTS) is 1. The molecule has 0 saturated carbocycles. The molecule has 146 valence electrons. The Morgan fingerprint density at radius 1 is 1.00 bits per heavy atom. The monoisotopic (exact) mass is 391 g/mol. The van der Waals surface area contributed by atoms with Crippen LogP contribution in [0.15, 0.2) is 72.8 Å². The predicted molar refractivity (Wildman–Crippen MR) is 108 cm³/mol. The Labute approximate surface area is 166 Å². The van der Waals surface area contributed by atoms with E-state index in [9.17, 15) is 20.0 Å². The van der Waals surface area contributed by atoms with Gasteiger partial charge >= 0.3 is 5.97 Å². The Bertz CT molecular complexity index is 1060. The van der Waals surface area contributed by atoms with Gasteiger partial charge in [-0.2, -0.15) is 0 Å². The van der Waals surface area contributed by atoms with Crippen molar-refractivity contribution in [2.45, 2.75) is 0 Å². The minimum absolute atomic E-state index is 0.0229. The first-order chi connectivity index (χ1) is 14.0. The number of carbonyl (C=O) groups is 1. The molecule has 0 atom stereocenters. The molecule has 0 aliphatic carbocycles. The number of nitro benzene ring substituents is 1. The van der Waals surface area contributed by atoms with Crippen LogP contribution in [0, 0.1) is 10.1 Å². The zero-order chi connectivity index (χ0) is 20.8. The van der Waals surface area contributed by atoms with E-state index in [0.717, 1.165) is 0 Å². The lowest BCUT2D eigenvalue weighted by Gasteiger charge is -2.13. The fraction of sp³-hybridized carbons (Fsp3) is 0.0455. The summed E-state index contributed by atoms with van der Waals surface area (Å²) < 4.78 is 11.1. The summed E-state index contributed by atoms with van der Waals surface area (Å²) in [6, 6.07) is 19.3. The highest BCUT2D eigenvalue weighted by Gasteiger charge is 2.14. The molecule has 3 rings (SSSR count). The van der Waals surface area contributed by atoms with Crippen molar-refractivity contribution < 1.29 is 24.3 Å². The number of hydrogen-bond donors (Lipinski definition) is 1. The molecule has 0 aliphatic heterocycles. The number of hydrogen-bond acceptors (Lipinski definition) is 5. The fourth-order valence-corrected chi connectivity index (χ4v) is 2.62. The molecule has 0 saturated heterocycles. The first-order valence-corrected chi connectivity index (χ1v) is 8.58. The summed E-state index contributed by atoms with van der Waals surface area (Å²) in [5.41, 5.74) is 1.35. The van der Waals surface area contributed by atoms with Gasteiger partial charge in [-0.1, -0.05) is 12.1 Å². The molecular formula is C22H17NO6. The highest BCUT2D eigenvalue weighted by molar-refractivity contribution is 5.91. The molecule has 0 heterocycles. The van der Waals surface area contributed by atoms with Crippen LogP contribution in [0.5, 0.6) is 11.5 Å². The minimum atomic E-state index is -1.11. The van der Waals surface area contributed by atoms with Crippen molar-refractivity contribution >= 4 is 23.5 Å². The summed E-state index contributed by atoms with van der Waals surface area (Å²) in [7, 11) is 1.56. The van der Waals surface area contributed by atoms with E-state index in [0.29, 0.717) is 22.6 Å². The summed E-state index contributed by atoms with van der Waals surface area (Å²) in [5.74, 6) is 0.124. The summed E-state index contributed by atoms with van der Waals surface area (Å²) in [6.07, 6.45) is 1.68. The van der Waals surface area contributed by atoms with Crippen LogP contribution in [0.2, 0.25) is 0 Å². The Morgan fingerprint density at radius 2 is 1.66 bits per heavy atom. The van der Waals surface area contributed by atoms with Crippen LogP contribution in [-0.2, 0) is 0 Å². The van der Waals surface area contributed by atoms with Gasteiger partial charge in [0.2, 0.25) is 0 Å². The van der Waals surface area contributed by atoms with Crippen LogP contribution in [0.1, 0.15) is 21.5 Å². The van der Waals surface area contributed by atoms with Gasteiger partial charge in [-0.05, 0) is 60.2 Å². The van der Waals surface area contributed by atoms with Crippen molar-refractivity contribution in [3.8, 4) is 11.5 Å². The molecule has 0 bridgehead atoms. The zero-order valence-corrected chi connectivity index (χ0v) is 15.4. The van der Waals surface area contributed by atoms with Crippen LogP contribution in [0.25, 0.3) is 11.8 Å². The number of carboxylic acids is 1. The summed E-state index contributed by atoms with van der Waals surface area (Å²) in [6.45, 7) is 0. The topological polar surface area (TPSA) is 98.9 Å². The average molecular weight is 391 g/mol. The summed E-state index contributed by atoms with van der Waals surface area (Å²) in [4.78, 5) is 21.9. The third-order valence-electron chi connectivity index (χ3n) is 4.11. The molecule has 7 heteroatoms. The second kappa shape index (κ2) is 8.71. The third kappa shape index (κ3) is 4.78. The molecule has 3 aromatic carbocycles. The molecule has 0 unspecified atom stereocenters. The Balaban J connectivity index is 2.04. The SMILES string of the molecule is COc1ccc(/C(=C/c2ccc([N+](=O)[O-])cc2)Oc2ccccc2C(=O)O)cc1. The van der Waals surface area contributed by atoms with Crippen LogP contribution in [-0.4, -0.2) is 23.1 Å². The number of nitro groups is 1. The molecule has 0 radical (unpaired) electrons. The van der Waals surface area contributed by atoms with Crippen molar-refractivity contribution in [2.24, 2.45) is 0 Å². The Kier molecular flexibility index (Phi) is 5.89. The Morgan fingerprint density at radius 3 is 2.24 bits per heavy atom. The van der Waals surface area contributed by atoms with Gasteiger partial charge in [-0.25, -0.2) is 4.79 Å². The quantitative estimate of drug-likeness (QED) is 0.267. The van der Waals surface area contributed by atoms with Gasteiger partial charge in [-0.3, -0.25) is 10.1 Å². The predicted octanol–water partition coefficient (Wildman–Crippen LogP) is 4.88. The molecule has 3 aromatic rings. The van der Waals surface area contributed by atoms with E-state index in [1.165, 1.54) is 18.2 Å². The van der Waals surface area contributed by atoms with E-state index in [1.54, 1.807) is 67.8 Å². The normalized spacial score (nSPS) is 11.0. The van der Waals surface area contributed by atoms with E-state index < -0.39 is 10.9 Å². The maximum absolute atomic E-state index is 11.5. The second-order valence-electron chi connectivity index (χ2n) is 5.99. The van der Waals surface area contributed by atoms with Gasteiger partial charge in [0.25, 0.3) is 5.69 Å². The fourth-order valence-electron chi connectivity index (χ4n) is 2.62. The third-order valence-corrected chi connectivity index (χ3v) is 4.11. The van der Waals surface area contributed by atoms with Crippen molar-refractivity contribution in [1.29, 1.82) is 0 Å². The van der Waals surface area contributed by atoms with Gasteiger partial charge in [0.1, 0.15) is 22.8 Å². The molecule has 0 aliphatic rings. The van der Waals surface area contributed by atoms with E-state index >= 15 is 0 Å². The maximum atomic E-state index is 11.5. The van der Waals surface area contributed by atoms with Crippen LogP contribution >= 0.6 is 0 Å². The molecule has 0 amide bonds. The molecule has 0 aromatic heterocycles. The molecule has 7 nitrogen and oxygen atoms in total. The smallest absolute Gasteiger partial charge is 0.339 e. The first kappa shape index (κ1) is 19.6. The highest BCUT2D eigenvalue weighted by Crippen LogP contribution is 2.28. The van der Waals surface area contributed by atoms with Crippen molar-refractivity contribution in [3.63, 3.8) is 0 Å². The van der Waals surface area contributed by atoms with Crippen molar-refractivity contribution in [2.75, 3.05) is 7.11 Å². The molecule has 1 N–H and O–H groups in total. The number of non-ortho nitro benzene ring substituents is 1. The molecular weight excluding hydrogens is 374 g/mol. The number of nitrogens with zero attached hydrogens (tertiary/aromatic N) is 1. The minimum Gasteiger partial charge on any atom is -0.497 e. The first-order valence-electron chi connectivity index (χ1n) is 8.58. The number of aromatic carboxylic acids is 1. The maximum Gasteiger partial charge on any atom is 0.339 e. The molecule has 29 heavy (non-hydrogen) atoms. The highest BCUT2D eigenvalue weighted by atomic mass is 16.6. The van der Waals surface area contributed by atoms with Crippen LogP contribution in [0.3, 0.4) is 0 Å². The molecule has 0 fully saturated rings. The van der Waals surface area contributed by atoms with Gasteiger partial charge in [0.05, 0.1) is 12.0 Å². The lowest BCUT2D eigenvalue weighted by atomic mass is 10.1. The van der Waals surface area contributed by atoms with E-state index in [1.807, 2.05) is 0 Å². The average Bonchev–Trinajstić information content (AvgIpc) is 2.74. The number of ether oxygens (including phenoxy) is 2. The second-order valence-corrected chi connectivity index (χ2v) is 5.99. The van der Waals surface area contributed by atoms with Crippen molar-refractivity contribution in [3.05, 3.63) is 99.6 Å². The number of rotatable bonds is 7. The lowest BCUT2D eigenvalue weighted by molar-refractivity contribution is -0.384. The van der Waals surface area contributed by atoms with Crippen LogP contribution < -0.4 is 9.47 Å². The van der Waals surface area contributed by atoms with Gasteiger partial charge < -0.3 is 14.6 Å². The largest absolute Gasteiger partial charge is 0.497 e. The van der Waals surface area contributed by atoms with Crippen LogP contribution in [0.4, 0.5) is 5.69 Å². The van der Waals surface area contributed by atoms with Gasteiger partial charge in [-0.15, -0.1) is 0 Å². The lowest BCUT2D eigenvalue weighted by Crippen LogP contribution is -2.03. The standard InChI is InChI=1S/C22H17NO6/c1-28-18-12-8-16(9-13-18)21(14-15-6-10-17(11-7-15)23(26)27)29-20-5-3-2-4-19(20)22(24)25/h2-14H,1H3,(H,24,25)/b21-14-. The summed E-state index contributed by atoms with van der Waals surface area (Å²) >= 11 is 0. The number of methoxy groups -OCH3 is 1. The van der Waals surface area contributed by atoms with E-state index in [2.05, 4.69) is 0 Å². The van der Waals surface area contributed by atoms with Crippen molar-refractivity contribution in [1.82, 2.24) is 0 Å². The van der Waals surface area contributed by atoms with E-state index in [4.69, 9.17) is 9.47 Å².